The Hall–Kier alpha value is -1.55. The number of anilines is 1. The fraction of sp³-hybridized carbons (Fsp3) is 0.533. The predicted octanol–water partition coefficient (Wildman–Crippen LogP) is 2.23. The maximum absolute atomic E-state index is 12.3. The van der Waals surface area contributed by atoms with Gasteiger partial charge in [0.25, 0.3) is 5.91 Å². The van der Waals surface area contributed by atoms with E-state index in [1.807, 2.05) is 43.3 Å². The SMILES string of the molecule is CNc1ccc(C(=O)N(C)CC2CCOCC2)cc1. The highest BCUT2D eigenvalue weighted by Crippen LogP contribution is 2.17. The molecule has 0 unspecified atom stereocenters. The lowest BCUT2D eigenvalue weighted by Crippen LogP contribution is -2.34. The van der Waals surface area contributed by atoms with Crippen LogP contribution in [0.4, 0.5) is 5.69 Å². The van der Waals surface area contributed by atoms with Crippen LogP contribution in [0.2, 0.25) is 0 Å². The molecule has 4 heteroatoms. The predicted molar refractivity (Wildman–Crippen MR) is 76.5 cm³/mol. The average molecular weight is 262 g/mol. The molecule has 4 nitrogen and oxygen atoms in total. The number of carbonyl (C=O) groups excluding carboxylic acids is 1. The van der Waals surface area contributed by atoms with Crippen LogP contribution in [-0.4, -0.2) is 44.7 Å². The van der Waals surface area contributed by atoms with Gasteiger partial charge in [-0.3, -0.25) is 4.79 Å². The van der Waals surface area contributed by atoms with E-state index >= 15 is 0 Å². The van der Waals surface area contributed by atoms with Crippen molar-refractivity contribution in [2.75, 3.05) is 39.2 Å². The maximum Gasteiger partial charge on any atom is 0.253 e. The summed E-state index contributed by atoms with van der Waals surface area (Å²) in [5.41, 5.74) is 1.76. The first-order valence-electron chi connectivity index (χ1n) is 6.81. The first kappa shape index (κ1) is 13.9. The number of nitrogens with zero attached hydrogens (tertiary/aromatic N) is 1. The fourth-order valence-corrected chi connectivity index (χ4v) is 2.40. The second-order valence-electron chi connectivity index (χ2n) is 5.07. The van der Waals surface area contributed by atoms with Crippen LogP contribution in [-0.2, 0) is 4.74 Å². The van der Waals surface area contributed by atoms with E-state index in [4.69, 9.17) is 4.74 Å². The van der Waals surface area contributed by atoms with E-state index in [0.717, 1.165) is 43.9 Å². The van der Waals surface area contributed by atoms with E-state index in [0.29, 0.717) is 5.92 Å². The Kier molecular flexibility index (Phi) is 4.80. The molecule has 1 aliphatic rings. The molecule has 0 bridgehead atoms. The number of benzene rings is 1. The number of rotatable bonds is 4. The normalized spacial score (nSPS) is 16.1. The standard InChI is InChI=1S/C15H22N2O2/c1-16-14-5-3-13(4-6-14)15(18)17(2)11-12-7-9-19-10-8-12/h3-6,12,16H,7-11H2,1-2H3. The van der Waals surface area contributed by atoms with Crippen molar-refractivity contribution >= 4 is 11.6 Å². The number of nitrogens with one attached hydrogen (secondary N) is 1. The smallest absolute Gasteiger partial charge is 0.253 e. The summed E-state index contributed by atoms with van der Waals surface area (Å²) in [5.74, 6) is 0.661. The van der Waals surface area contributed by atoms with Crippen LogP contribution in [0.3, 0.4) is 0 Å². The molecular formula is C15H22N2O2. The molecule has 1 aliphatic heterocycles. The fourth-order valence-electron chi connectivity index (χ4n) is 2.40. The van der Waals surface area contributed by atoms with Crippen molar-refractivity contribution < 1.29 is 9.53 Å². The summed E-state index contributed by atoms with van der Waals surface area (Å²) in [4.78, 5) is 14.1. The van der Waals surface area contributed by atoms with Crippen molar-refractivity contribution in [3.8, 4) is 0 Å². The Bertz CT molecular complexity index is 411. The van der Waals surface area contributed by atoms with Gasteiger partial charge in [0.05, 0.1) is 0 Å². The number of hydrogen-bond acceptors (Lipinski definition) is 3. The van der Waals surface area contributed by atoms with Crippen molar-refractivity contribution in [2.24, 2.45) is 5.92 Å². The van der Waals surface area contributed by atoms with Crippen molar-refractivity contribution in [3.05, 3.63) is 29.8 Å². The molecule has 1 aromatic rings. The Morgan fingerprint density at radius 3 is 2.53 bits per heavy atom. The first-order chi connectivity index (χ1) is 9.20. The maximum atomic E-state index is 12.3. The molecule has 1 aromatic carbocycles. The van der Waals surface area contributed by atoms with Gasteiger partial charge >= 0.3 is 0 Å². The van der Waals surface area contributed by atoms with Gasteiger partial charge in [0.1, 0.15) is 0 Å². The highest BCUT2D eigenvalue weighted by molar-refractivity contribution is 5.94. The van der Waals surface area contributed by atoms with Crippen LogP contribution in [0.15, 0.2) is 24.3 Å². The van der Waals surface area contributed by atoms with Crippen molar-refractivity contribution in [1.82, 2.24) is 4.90 Å². The molecule has 0 spiro atoms. The third-order valence-electron chi connectivity index (χ3n) is 3.64. The molecule has 0 aromatic heterocycles. The number of amides is 1. The molecule has 1 fully saturated rings. The number of ether oxygens (including phenoxy) is 1. The minimum Gasteiger partial charge on any atom is -0.388 e. The largest absolute Gasteiger partial charge is 0.388 e. The lowest BCUT2D eigenvalue weighted by Gasteiger charge is -2.27. The molecule has 1 heterocycles. The zero-order valence-electron chi connectivity index (χ0n) is 11.7. The molecule has 2 rings (SSSR count). The van der Waals surface area contributed by atoms with E-state index in [2.05, 4.69) is 5.32 Å². The quantitative estimate of drug-likeness (QED) is 0.904. The highest BCUT2D eigenvalue weighted by atomic mass is 16.5. The third-order valence-corrected chi connectivity index (χ3v) is 3.64. The number of carbonyl (C=O) groups is 1. The van der Waals surface area contributed by atoms with Crippen LogP contribution in [0.5, 0.6) is 0 Å². The molecular weight excluding hydrogens is 240 g/mol. The lowest BCUT2D eigenvalue weighted by molar-refractivity contribution is 0.0497. The first-order valence-corrected chi connectivity index (χ1v) is 6.81. The van der Waals surface area contributed by atoms with E-state index < -0.39 is 0 Å². The Labute approximate surface area is 114 Å². The van der Waals surface area contributed by atoms with Gasteiger partial charge in [-0.1, -0.05) is 0 Å². The second-order valence-corrected chi connectivity index (χ2v) is 5.07. The van der Waals surface area contributed by atoms with Gasteiger partial charge < -0.3 is 15.0 Å². The van der Waals surface area contributed by atoms with Crippen molar-refractivity contribution in [1.29, 1.82) is 0 Å². The summed E-state index contributed by atoms with van der Waals surface area (Å²) >= 11 is 0. The molecule has 19 heavy (non-hydrogen) atoms. The van der Waals surface area contributed by atoms with Crippen LogP contribution in [0.1, 0.15) is 23.2 Å². The van der Waals surface area contributed by atoms with Crippen molar-refractivity contribution in [2.45, 2.75) is 12.8 Å². The molecule has 0 aliphatic carbocycles. The van der Waals surface area contributed by atoms with Gasteiger partial charge in [-0.2, -0.15) is 0 Å². The van der Waals surface area contributed by atoms with E-state index in [9.17, 15) is 4.79 Å². The zero-order valence-corrected chi connectivity index (χ0v) is 11.7. The van der Waals surface area contributed by atoms with Crippen LogP contribution in [0.25, 0.3) is 0 Å². The van der Waals surface area contributed by atoms with Crippen LogP contribution >= 0.6 is 0 Å². The van der Waals surface area contributed by atoms with E-state index in [1.54, 1.807) is 0 Å². The molecule has 1 amide bonds. The van der Waals surface area contributed by atoms with Gasteiger partial charge in [0, 0.05) is 45.1 Å². The summed E-state index contributed by atoms with van der Waals surface area (Å²) < 4.78 is 5.34. The molecule has 0 atom stereocenters. The third kappa shape index (κ3) is 3.70. The summed E-state index contributed by atoms with van der Waals surface area (Å²) in [6.07, 6.45) is 2.10. The molecule has 0 radical (unpaired) electrons. The summed E-state index contributed by atoms with van der Waals surface area (Å²) in [6.45, 7) is 2.46. The van der Waals surface area contributed by atoms with Crippen LogP contribution < -0.4 is 5.32 Å². The summed E-state index contributed by atoms with van der Waals surface area (Å²) in [7, 11) is 3.75. The molecule has 1 N–H and O–H groups in total. The Balaban J connectivity index is 1.93. The van der Waals surface area contributed by atoms with Crippen LogP contribution in [0, 0.1) is 5.92 Å². The minimum absolute atomic E-state index is 0.0918. The van der Waals surface area contributed by atoms with Gasteiger partial charge in [-0.25, -0.2) is 0 Å². The van der Waals surface area contributed by atoms with Gasteiger partial charge in [-0.15, -0.1) is 0 Å². The zero-order chi connectivity index (χ0) is 13.7. The van der Waals surface area contributed by atoms with Crippen molar-refractivity contribution in [3.63, 3.8) is 0 Å². The van der Waals surface area contributed by atoms with E-state index in [-0.39, 0.29) is 5.91 Å². The molecule has 104 valence electrons. The lowest BCUT2D eigenvalue weighted by atomic mass is 9.99. The Morgan fingerprint density at radius 2 is 1.95 bits per heavy atom. The van der Waals surface area contributed by atoms with Gasteiger partial charge in [0.15, 0.2) is 0 Å². The topological polar surface area (TPSA) is 41.6 Å². The molecule has 0 saturated carbocycles. The second kappa shape index (κ2) is 6.57. The highest BCUT2D eigenvalue weighted by Gasteiger charge is 2.19. The monoisotopic (exact) mass is 262 g/mol. The summed E-state index contributed by atoms with van der Waals surface area (Å²) in [5, 5.41) is 3.05. The average Bonchev–Trinajstić information content (AvgIpc) is 2.47. The Morgan fingerprint density at radius 1 is 1.32 bits per heavy atom. The summed E-state index contributed by atoms with van der Waals surface area (Å²) in [6, 6.07) is 7.59. The van der Waals surface area contributed by atoms with Gasteiger partial charge in [0.2, 0.25) is 0 Å². The van der Waals surface area contributed by atoms with Gasteiger partial charge in [-0.05, 0) is 43.0 Å². The minimum atomic E-state index is 0.0918. The van der Waals surface area contributed by atoms with E-state index in [1.165, 1.54) is 0 Å². The molecule has 1 saturated heterocycles. The number of hydrogen-bond donors (Lipinski definition) is 1.